The second-order valence-corrected chi connectivity index (χ2v) is 9.52. The van der Waals surface area contributed by atoms with Crippen molar-refractivity contribution in [2.24, 2.45) is 0 Å². The van der Waals surface area contributed by atoms with Gasteiger partial charge in [0.05, 0.1) is 6.61 Å². The lowest BCUT2D eigenvalue weighted by atomic mass is 9.87. The van der Waals surface area contributed by atoms with Crippen LogP contribution in [0.25, 0.3) is 0 Å². The maximum Gasteiger partial charge on any atom is 0.534 e. The Balaban J connectivity index is 1.85. The van der Waals surface area contributed by atoms with Crippen molar-refractivity contribution in [3.63, 3.8) is 0 Å². The number of hydrogen-bond donors (Lipinski definition) is 5. The Morgan fingerprint density at radius 1 is 1.06 bits per heavy atom. The number of aliphatic hydroxyl groups excluding tert-OH is 4. The minimum Gasteiger partial charge on any atom is -0.394 e. The van der Waals surface area contributed by atoms with Crippen LogP contribution in [0.1, 0.15) is 16.7 Å². The first-order valence-corrected chi connectivity index (χ1v) is 11.4. The lowest BCUT2D eigenvalue weighted by Crippen LogP contribution is -2.63. The summed E-state index contributed by atoms with van der Waals surface area (Å²) in [7, 11) is -5.82. The van der Waals surface area contributed by atoms with E-state index in [2.05, 4.69) is 4.18 Å². The molecule has 1 heterocycles. The van der Waals surface area contributed by atoms with Gasteiger partial charge in [0.2, 0.25) is 5.79 Å². The van der Waals surface area contributed by atoms with Gasteiger partial charge in [-0.3, -0.25) is 0 Å². The van der Waals surface area contributed by atoms with Gasteiger partial charge < -0.3 is 34.5 Å². The normalized spacial score (nSPS) is 28.0. The Labute approximate surface area is 196 Å². The van der Waals surface area contributed by atoms with Crippen molar-refractivity contribution in [3.05, 3.63) is 64.2 Å². The molecule has 0 saturated carbocycles. The van der Waals surface area contributed by atoms with Crippen molar-refractivity contribution < 1.29 is 56.0 Å². The number of ether oxygens (including phenoxy) is 1. The van der Waals surface area contributed by atoms with Crippen LogP contribution >= 0.6 is 11.6 Å². The molecule has 1 aliphatic heterocycles. The van der Waals surface area contributed by atoms with Gasteiger partial charge in [0, 0.05) is 10.6 Å². The second kappa shape index (κ2) is 9.59. The molecule has 1 saturated heterocycles. The molecule has 9 nitrogen and oxygen atoms in total. The lowest BCUT2D eigenvalue weighted by molar-refractivity contribution is -0.357. The average molecular weight is 529 g/mol. The highest BCUT2D eigenvalue weighted by molar-refractivity contribution is 7.88. The van der Waals surface area contributed by atoms with Crippen LogP contribution in [0.2, 0.25) is 5.02 Å². The van der Waals surface area contributed by atoms with Crippen LogP contribution in [-0.2, 0) is 27.1 Å². The van der Waals surface area contributed by atoms with Crippen molar-refractivity contribution in [2.75, 3.05) is 6.61 Å². The van der Waals surface area contributed by atoms with Gasteiger partial charge in [0.15, 0.2) is 0 Å². The molecular weight excluding hydrogens is 509 g/mol. The first-order chi connectivity index (χ1) is 15.7. The third kappa shape index (κ3) is 5.16. The highest BCUT2D eigenvalue weighted by Crippen LogP contribution is 2.38. The van der Waals surface area contributed by atoms with Crippen LogP contribution in [0.15, 0.2) is 42.5 Å². The number of alkyl halides is 3. The monoisotopic (exact) mass is 528 g/mol. The largest absolute Gasteiger partial charge is 0.534 e. The summed E-state index contributed by atoms with van der Waals surface area (Å²) in [6.45, 7) is -0.758. The summed E-state index contributed by atoms with van der Waals surface area (Å²) < 4.78 is 68.9. The van der Waals surface area contributed by atoms with E-state index in [0.29, 0.717) is 11.1 Å². The summed E-state index contributed by atoms with van der Waals surface area (Å²) in [5.41, 5.74) is -4.80. The van der Waals surface area contributed by atoms with Crippen molar-refractivity contribution in [1.82, 2.24) is 0 Å². The van der Waals surface area contributed by atoms with Crippen molar-refractivity contribution >= 4 is 21.7 Å². The molecule has 0 aromatic heterocycles. The van der Waals surface area contributed by atoms with Gasteiger partial charge in [-0.2, -0.15) is 21.6 Å². The minimum atomic E-state index is -5.82. The molecule has 2 aromatic rings. The maximum atomic E-state index is 12.5. The van der Waals surface area contributed by atoms with Crippen molar-refractivity contribution in [1.29, 1.82) is 0 Å². The predicted octanol–water partition coefficient (Wildman–Crippen LogP) is 0.778. The Bertz CT molecular complexity index is 1130. The van der Waals surface area contributed by atoms with Crippen molar-refractivity contribution in [3.8, 4) is 5.75 Å². The molecule has 34 heavy (non-hydrogen) atoms. The molecule has 0 amide bonds. The van der Waals surface area contributed by atoms with E-state index < -0.39 is 58.2 Å². The van der Waals surface area contributed by atoms with Gasteiger partial charge in [0.1, 0.15) is 30.2 Å². The number of rotatable bonds is 6. The highest BCUT2D eigenvalue weighted by atomic mass is 35.5. The zero-order valence-corrected chi connectivity index (χ0v) is 18.6. The van der Waals surface area contributed by atoms with E-state index in [1.807, 2.05) is 0 Å². The molecule has 1 aliphatic rings. The SMILES string of the molecule is O=S(=O)(Oc1ccc(Cc2cc(C3(O)O[C@H](CO)[C@@H](O)[C@H](O)[C@H]3O)ccc2Cl)cc1)C(F)(F)F. The fourth-order valence-electron chi connectivity index (χ4n) is 3.38. The van der Waals surface area contributed by atoms with Crippen LogP contribution < -0.4 is 4.18 Å². The van der Waals surface area contributed by atoms with E-state index in [-0.39, 0.29) is 17.0 Å². The average Bonchev–Trinajstić information content (AvgIpc) is 2.76. The van der Waals surface area contributed by atoms with E-state index in [4.69, 9.17) is 16.3 Å². The third-order valence-corrected chi connectivity index (χ3v) is 6.58. The second-order valence-electron chi connectivity index (χ2n) is 7.57. The van der Waals surface area contributed by atoms with Gasteiger partial charge in [-0.15, -0.1) is 0 Å². The summed E-state index contributed by atoms with van der Waals surface area (Å²) in [6, 6.07) is 8.62. The summed E-state index contributed by atoms with van der Waals surface area (Å²) in [5.74, 6) is -3.06. The molecular formula is C20H20ClF3O9S. The molecule has 0 aliphatic carbocycles. The van der Waals surface area contributed by atoms with E-state index in [9.17, 15) is 47.1 Å². The van der Waals surface area contributed by atoms with Crippen LogP contribution in [0.5, 0.6) is 5.75 Å². The Hall–Kier alpha value is -1.97. The fourth-order valence-corrected chi connectivity index (χ4v) is 4.03. The standard InChI is InChI=1S/C20H20ClF3O9S/c21-14-6-3-12(19(29)18(28)17(27)16(26)15(9-25)32-19)8-11(14)7-10-1-4-13(5-2-10)33-34(30,31)20(22,23)24/h1-6,8,15-18,25-29H,7,9H2/t15-,16-,17+,18-,19?/m1/s1. The minimum absolute atomic E-state index is 0.0553. The molecule has 188 valence electrons. The van der Waals surface area contributed by atoms with E-state index in [0.717, 1.165) is 12.1 Å². The summed E-state index contributed by atoms with van der Waals surface area (Å²) in [5, 5.41) is 50.8. The number of halogens is 4. The molecule has 5 atom stereocenters. The molecule has 2 aromatic carbocycles. The topological polar surface area (TPSA) is 154 Å². The predicted molar refractivity (Wildman–Crippen MR) is 110 cm³/mol. The molecule has 1 fully saturated rings. The Morgan fingerprint density at radius 2 is 1.68 bits per heavy atom. The summed E-state index contributed by atoms with van der Waals surface area (Å²) in [4.78, 5) is 0. The van der Waals surface area contributed by atoms with Crippen LogP contribution in [0, 0.1) is 0 Å². The highest BCUT2D eigenvalue weighted by Gasteiger charge is 2.53. The van der Waals surface area contributed by atoms with Gasteiger partial charge >= 0.3 is 15.6 Å². The molecule has 3 rings (SSSR count). The first kappa shape index (κ1) is 26.6. The third-order valence-electron chi connectivity index (χ3n) is 5.23. The lowest BCUT2D eigenvalue weighted by Gasteiger charge is -2.45. The zero-order chi connectivity index (χ0) is 25.5. The number of hydrogen-bond acceptors (Lipinski definition) is 9. The molecule has 1 unspecified atom stereocenters. The van der Waals surface area contributed by atoms with Gasteiger partial charge in [-0.1, -0.05) is 29.8 Å². The fraction of sp³-hybridized carbons (Fsp3) is 0.400. The zero-order valence-electron chi connectivity index (χ0n) is 17.1. The number of aliphatic hydroxyl groups is 5. The van der Waals surface area contributed by atoms with Gasteiger partial charge in [-0.05, 0) is 41.8 Å². The summed E-state index contributed by atoms with van der Waals surface area (Å²) >= 11 is 6.20. The van der Waals surface area contributed by atoms with E-state index >= 15 is 0 Å². The molecule has 14 heteroatoms. The molecule has 0 bridgehead atoms. The first-order valence-electron chi connectivity index (χ1n) is 9.63. The van der Waals surface area contributed by atoms with Crippen LogP contribution in [0.4, 0.5) is 13.2 Å². The molecule has 0 radical (unpaired) electrons. The van der Waals surface area contributed by atoms with Crippen LogP contribution in [-0.4, -0.2) is 70.5 Å². The van der Waals surface area contributed by atoms with E-state index in [1.54, 1.807) is 0 Å². The van der Waals surface area contributed by atoms with Crippen LogP contribution in [0.3, 0.4) is 0 Å². The summed E-state index contributed by atoms with van der Waals surface area (Å²) in [6.07, 6.45) is -6.82. The van der Waals surface area contributed by atoms with Crippen molar-refractivity contribution in [2.45, 2.75) is 42.1 Å². The Morgan fingerprint density at radius 3 is 2.24 bits per heavy atom. The smallest absolute Gasteiger partial charge is 0.394 e. The maximum absolute atomic E-state index is 12.5. The van der Waals surface area contributed by atoms with Gasteiger partial charge in [0.25, 0.3) is 0 Å². The Kier molecular flexibility index (Phi) is 7.51. The van der Waals surface area contributed by atoms with Gasteiger partial charge in [-0.25, -0.2) is 0 Å². The molecule has 0 spiro atoms. The van der Waals surface area contributed by atoms with E-state index in [1.165, 1.54) is 30.3 Å². The number of benzene rings is 2. The molecule has 5 N–H and O–H groups in total. The quantitative estimate of drug-likeness (QED) is 0.270.